The van der Waals surface area contributed by atoms with Crippen molar-refractivity contribution < 1.29 is 14.3 Å². The molecular formula is C24H32N2O3. The summed E-state index contributed by atoms with van der Waals surface area (Å²) in [6, 6.07) is 14.2. The molecule has 29 heavy (non-hydrogen) atoms. The Kier molecular flexibility index (Phi) is 7.02. The van der Waals surface area contributed by atoms with Gasteiger partial charge >= 0.3 is 6.03 Å². The van der Waals surface area contributed by atoms with E-state index in [4.69, 9.17) is 9.47 Å². The lowest BCUT2D eigenvalue weighted by molar-refractivity contribution is 0.198. The molecule has 2 aromatic rings. The topological polar surface area (TPSA) is 50.8 Å². The molecule has 0 bridgehead atoms. The SMILES string of the molecule is CCc1ccc(CN(C)C(=O)N[C@@H](c2ccc3c(c2)OCCCO3)C(C)C)cc1. The maximum absolute atomic E-state index is 12.9. The summed E-state index contributed by atoms with van der Waals surface area (Å²) in [4.78, 5) is 14.6. The number of hydrogen-bond acceptors (Lipinski definition) is 3. The molecule has 1 atom stereocenters. The number of carbonyl (C=O) groups is 1. The van der Waals surface area contributed by atoms with Crippen LogP contribution >= 0.6 is 0 Å². The zero-order valence-electron chi connectivity index (χ0n) is 17.9. The normalized spacial score (nSPS) is 14.2. The number of fused-ring (bicyclic) bond motifs is 1. The smallest absolute Gasteiger partial charge is 0.317 e. The van der Waals surface area contributed by atoms with Crippen molar-refractivity contribution in [1.82, 2.24) is 10.2 Å². The van der Waals surface area contributed by atoms with Crippen molar-refractivity contribution in [2.45, 2.75) is 46.2 Å². The molecule has 1 aliphatic heterocycles. The predicted molar refractivity (Wildman–Crippen MR) is 115 cm³/mol. The number of ether oxygens (including phenoxy) is 2. The zero-order chi connectivity index (χ0) is 20.8. The maximum atomic E-state index is 12.9. The number of nitrogens with one attached hydrogen (secondary N) is 1. The molecule has 0 aliphatic carbocycles. The number of rotatable bonds is 6. The lowest BCUT2D eigenvalue weighted by atomic mass is 9.95. The first-order chi connectivity index (χ1) is 14.0. The van der Waals surface area contributed by atoms with Crippen LogP contribution in [0.25, 0.3) is 0 Å². The first-order valence-electron chi connectivity index (χ1n) is 10.5. The van der Waals surface area contributed by atoms with Crippen LogP contribution in [0.5, 0.6) is 11.5 Å². The van der Waals surface area contributed by atoms with Gasteiger partial charge in [0.1, 0.15) is 0 Å². The van der Waals surface area contributed by atoms with Gasteiger partial charge in [0.15, 0.2) is 11.5 Å². The summed E-state index contributed by atoms with van der Waals surface area (Å²) in [5.74, 6) is 1.76. The van der Waals surface area contributed by atoms with Gasteiger partial charge in [0.05, 0.1) is 19.3 Å². The number of amides is 2. The highest BCUT2D eigenvalue weighted by atomic mass is 16.5. The number of hydrogen-bond donors (Lipinski definition) is 1. The van der Waals surface area contributed by atoms with Gasteiger partial charge in [-0.1, -0.05) is 51.1 Å². The van der Waals surface area contributed by atoms with Crippen LogP contribution in [0.1, 0.15) is 49.9 Å². The standard InChI is InChI=1S/C24H32N2O3/c1-5-18-7-9-19(10-8-18)16-26(4)24(27)25-23(17(2)3)20-11-12-21-22(15-20)29-14-6-13-28-21/h7-12,15,17,23H,5-6,13-14,16H2,1-4H3,(H,25,27)/t23-/m1/s1. The Morgan fingerprint density at radius 1 is 1.03 bits per heavy atom. The van der Waals surface area contributed by atoms with E-state index >= 15 is 0 Å². The van der Waals surface area contributed by atoms with Gasteiger partial charge in [-0.15, -0.1) is 0 Å². The summed E-state index contributed by atoms with van der Waals surface area (Å²) in [6.45, 7) is 8.24. The molecule has 0 radical (unpaired) electrons. The lowest BCUT2D eigenvalue weighted by Crippen LogP contribution is -2.40. The minimum absolute atomic E-state index is 0.0876. The number of benzene rings is 2. The summed E-state index contributed by atoms with van der Waals surface area (Å²) < 4.78 is 11.5. The first-order valence-corrected chi connectivity index (χ1v) is 10.5. The van der Waals surface area contributed by atoms with Crippen molar-refractivity contribution in [2.75, 3.05) is 20.3 Å². The van der Waals surface area contributed by atoms with Gasteiger partial charge in [-0.05, 0) is 41.2 Å². The van der Waals surface area contributed by atoms with E-state index in [1.807, 2.05) is 25.2 Å². The highest BCUT2D eigenvalue weighted by Gasteiger charge is 2.22. The van der Waals surface area contributed by atoms with Crippen LogP contribution in [-0.2, 0) is 13.0 Å². The molecule has 0 saturated carbocycles. The Labute approximate surface area is 174 Å². The summed E-state index contributed by atoms with van der Waals surface area (Å²) >= 11 is 0. The molecule has 1 N–H and O–H groups in total. The van der Waals surface area contributed by atoms with Crippen LogP contribution in [0.4, 0.5) is 4.79 Å². The molecule has 5 heteroatoms. The average Bonchev–Trinajstić information content (AvgIpc) is 2.97. The molecule has 0 aromatic heterocycles. The highest BCUT2D eigenvalue weighted by molar-refractivity contribution is 5.74. The van der Waals surface area contributed by atoms with Crippen LogP contribution in [0.2, 0.25) is 0 Å². The van der Waals surface area contributed by atoms with Gasteiger partial charge < -0.3 is 19.7 Å². The molecule has 1 heterocycles. The van der Waals surface area contributed by atoms with Crippen LogP contribution in [0, 0.1) is 5.92 Å². The molecule has 3 rings (SSSR count). The van der Waals surface area contributed by atoms with Crippen molar-refractivity contribution in [3.63, 3.8) is 0 Å². The third-order valence-electron chi connectivity index (χ3n) is 5.27. The fourth-order valence-electron chi connectivity index (χ4n) is 3.48. The van der Waals surface area contributed by atoms with Crippen molar-refractivity contribution >= 4 is 6.03 Å². The summed E-state index contributed by atoms with van der Waals surface area (Å²) in [7, 11) is 1.83. The van der Waals surface area contributed by atoms with Crippen molar-refractivity contribution in [3.8, 4) is 11.5 Å². The summed E-state index contributed by atoms with van der Waals surface area (Å²) in [6.07, 6.45) is 1.89. The quantitative estimate of drug-likeness (QED) is 0.752. The second-order valence-electron chi connectivity index (χ2n) is 7.95. The summed E-state index contributed by atoms with van der Waals surface area (Å²) in [5, 5.41) is 3.19. The molecule has 1 aliphatic rings. The molecule has 0 unspecified atom stereocenters. The van der Waals surface area contributed by atoms with E-state index < -0.39 is 0 Å². The van der Waals surface area contributed by atoms with Gasteiger partial charge in [-0.25, -0.2) is 4.79 Å². The van der Waals surface area contributed by atoms with E-state index in [0.717, 1.165) is 35.5 Å². The minimum Gasteiger partial charge on any atom is -0.490 e. The number of carbonyl (C=O) groups excluding carboxylic acids is 1. The monoisotopic (exact) mass is 396 g/mol. The lowest BCUT2D eigenvalue weighted by Gasteiger charge is -2.27. The van der Waals surface area contributed by atoms with Gasteiger partial charge in [-0.2, -0.15) is 0 Å². The van der Waals surface area contributed by atoms with E-state index in [-0.39, 0.29) is 18.0 Å². The number of aryl methyl sites for hydroxylation is 1. The van der Waals surface area contributed by atoms with E-state index in [2.05, 4.69) is 50.4 Å². The molecule has 2 aromatic carbocycles. The number of nitrogens with zero attached hydrogens (tertiary/aromatic N) is 1. The fraction of sp³-hybridized carbons (Fsp3) is 0.458. The van der Waals surface area contributed by atoms with Crippen LogP contribution in [0.3, 0.4) is 0 Å². The Bertz CT molecular complexity index is 817. The van der Waals surface area contributed by atoms with Crippen molar-refractivity contribution in [2.24, 2.45) is 5.92 Å². The molecule has 5 nitrogen and oxygen atoms in total. The van der Waals surface area contributed by atoms with Gasteiger partial charge in [0, 0.05) is 20.0 Å². The second kappa shape index (κ2) is 9.68. The molecular weight excluding hydrogens is 364 g/mol. The molecule has 0 spiro atoms. The number of urea groups is 1. The third kappa shape index (κ3) is 5.43. The van der Waals surface area contributed by atoms with Crippen LogP contribution < -0.4 is 14.8 Å². The second-order valence-corrected chi connectivity index (χ2v) is 7.95. The Morgan fingerprint density at radius 2 is 1.69 bits per heavy atom. The highest BCUT2D eigenvalue weighted by Crippen LogP contribution is 2.34. The van der Waals surface area contributed by atoms with E-state index in [0.29, 0.717) is 19.8 Å². The molecule has 2 amide bonds. The summed E-state index contributed by atoms with van der Waals surface area (Å²) in [5.41, 5.74) is 3.45. The van der Waals surface area contributed by atoms with E-state index in [1.54, 1.807) is 4.90 Å². The zero-order valence-corrected chi connectivity index (χ0v) is 17.9. The van der Waals surface area contributed by atoms with Gasteiger partial charge in [0.2, 0.25) is 0 Å². The van der Waals surface area contributed by atoms with Gasteiger partial charge in [-0.3, -0.25) is 0 Å². The molecule has 156 valence electrons. The van der Waals surface area contributed by atoms with Gasteiger partial charge in [0.25, 0.3) is 0 Å². The van der Waals surface area contributed by atoms with E-state index in [1.165, 1.54) is 5.56 Å². The first kappa shape index (κ1) is 21.0. The molecule has 0 fully saturated rings. The maximum Gasteiger partial charge on any atom is 0.317 e. The van der Waals surface area contributed by atoms with Crippen molar-refractivity contribution in [3.05, 3.63) is 59.2 Å². The largest absolute Gasteiger partial charge is 0.490 e. The Hall–Kier alpha value is -2.69. The minimum atomic E-state index is -0.107. The molecule has 0 saturated heterocycles. The predicted octanol–water partition coefficient (Wildman–Crippen LogP) is 4.95. The van der Waals surface area contributed by atoms with E-state index in [9.17, 15) is 4.79 Å². The fourth-order valence-corrected chi connectivity index (χ4v) is 3.48. The third-order valence-corrected chi connectivity index (χ3v) is 5.27. The Balaban J connectivity index is 1.69. The van der Waals surface area contributed by atoms with Crippen LogP contribution in [-0.4, -0.2) is 31.2 Å². The van der Waals surface area contributed by atoms with Crippen LogP contribution in [0.15, 0.2) is 42.5 Å². The average molecular weight is 397 g/mol. The Morgan fingerprint density at radius 3 is 2.34 bits per heavy atom. The van der Waals surface area contributed by atoms with Crippen molar-refractivity contribution in [1.29, 1.82) is 0 Å².